The number of hydrogen-bond donors (Lipinski definition) is 1. The fourth-order valence-electron chi connectivity index (χ4n) is 4.11. The molecule has 0 saturated carbocycles. The van der Waals surface area contributed by atoms with Crippen LogP contribution in [0, 0.1) is 11.7 Å². The van der Waals surface area contributed by atoms with E-state index >= 15 is 0 Å². The second-order valence-electron chi connectivity index (χ2n) is 8.02. The highest BCUT2D eigenvalue weighted by Gasteiger charge is 2.27. The molecule has 0 spiro atoms. The van der Waals surface area contributed by atoms with Crippen molar-refractivity contribution in [2.75, 3.05) is 23.3 Å². The third kappa shape index (κ3) is 4.59. The van der Waals surface area contributed by atoms with Gasteiger partial charge in [0.1, 0.15) is 11.6 Å². The van der Waals surface area contributed by atoms with Crippen LogP contribution >= 0.6 is 0 Å². The van der Waals surface area contributed by atoms with Crippen molar-refractivity contribution in [2.45, 2.75) is 12.8 Å². The Balaban J connectivity index is 1.29. The normalized spacial score (nSPS) is 15.9. The number of benzene rings is 2. The third-order valence-corrected chi connectivity index (χ3v) is 5.76. The minimum absolute atomic E-state index is 0.110. The first kappa shape index (κ1) is 20.8. The van der Waals surface area contributed by atoms with E-state index in [9.17, 15) is 9.18 Å². The summed E-state index contributed by atoms with van der Waals surface area (Å²) in [6.45, 7) is 1.34. The summed E-state index contributed by atoms with van der Waals surface area (Å²) in [5, 5.41) is 11.7. The minimum Gasteiger partial charge on any atom is -0.354 e. The molecule has 0 aliphatic carbocycles. The fourth-order valence-corrected chi connectivity index (χ4v) is 4.11. The first-order chi connectivity index (χ1) is 16.2. The Kier molecular flexibility index (Phi) is 5.80. The molecule has 1 unspecified atom stereocenters. The largest absolute Gasteiger partial charge is 0.354 e. The third-order valence-electron chi connectivity index (χ3n) is 5.76. The Bertz CT molecular complexity index is 1240. The zero-order chi connectivity index (χ0) is 22.6. The van der Waals surface area contributed by atoms with Crippen molar-refractivity contribution in [3.8, 4) is 17.2 Å². The van der Waals surface area contributed by atoms with Gasteiger partial charge < -0.3 is 10.2 Å². The Labute approximate surface area is 190 Å². The van der Waals surface area contributed by atoms with Gasteiger partial charge in [-0.3, -0.25) is 9.36 Å². The number of carbonyl (C=O) groups excluding carboxylic acids is 1. The number of carbonyl (C=O) groups is 1. The summed E-state index contributed by atoms with van der Waals surface area (Å²) in [7, 11) is 0. The molecule has 7 nitrogen and oxygen atoms in total. The van der Waals surface area contributed by atoms with Crippen molar-refractivity contribution in [3.63, 3.8) is 0 Å². The van der Waals surface area contributed by atoms with Gasteiger partial charge in [0.05, 0.1) is 5.92 Å². The summed E-state index contributed by atoms with van der Waals surface area (Å²) in [4.78, 5) is 19.3. The Hall–Kier alpha value is -4.07. The predicted octanol–water partition coefficient (Wildman–Crippen LogP) is 4.32. The summed E-state index contributed by atoms with van der Waals surface area (Å²) in [5.74, 6) is 1.50. The van der Waals surface area contributed by atoms with Crippen molar-refractivity contribution in [2.24, 2.45) is 5.92 Å². The van der Waals surface area contributed by atoms with Crippen LogP contribution in [0.3, 0.4) is 0 Å². The van der Waals surface area contributed by atoms with E-state index < -0.39 is 0 Å². The molecule has 166 valence electrons. The lowest BCUT2D eigenvalue weighted by atomic mass is 9.97. The fraction of sp³-hybridized carbons (Fsp3) is 0.200. The molecule has 5 rings (SSSR count). The van der Waals surface area contributed by atoms with Gasteiger partial charge in [-0.2, -0.15) is 0 Å². The highest BCUT2D eigenvalue weighted by molar-refractivity contribution is 5.93. The molecule has 1 N–H and O–H groups in total. The van der Waals surface area contributed by atoms with E-state index in [1.54, 1.807) is 18.3 Å². The highest BCUT2D eigenvalue weighted by atomic mass is 19.1. The van der Waals surface area contributed by atoms with Crippen molar-refractivity contribution in [1.29, 1.82) is 0 Å². The number of nitrogens with one attached hydrogen (secondary N) is 1. The SMILES string of the molecule is O=C(Nc1cccc(F)c1)C1CCCN(c2ccc(-n3ccnc3-c3ccccc3)nn2)C1. The van der Waals surface area contributed by atoms with Crippen molar-refractivity contribution >= 4 is 17.4 Å². The smallest absolute Gasteiger partial charge is 0.229 e. The molecule has 2 aromatic carbocycles. The standard InChI is InChI=1S/C25H23FN6O/c26-20-9-4-10-21(16-20)28-25(33)19-8-5-14-31(17-19)22-11-12-23(30-29-22)32-15-13-27-24(32)18-6-2-1-3-7-18/h1-4,6-7,9-13,15-16,19H,5,8,14,17H2,(H,28,33). The van der Waals surface area contributed by atoms with E-state index in [2.05, 4.69) is 25.4 Å². The summed E-state index contributed by atoms with van der Waals surface area (Å²) < 4.78 is 15.3. The van der Waals surface area contributed by atoms with Crippen molar-refractivity contribution in [3.05, 3.63) is 84.9 Å². The number of aromatic nitrogens is 4. The molecule has 2 aromatic heterocycles. The predicted molar refractivity (Wildman–Crippen MR) is 125 cm³/mol. The molecule has 1 aliphatic rings. The highest BCUT2D eigenvalue weighted by Crippen LogP contribution is 2.24. The van der Waals surface area contributed by atoms with Gasteiger partial charge in [-0.1, -0.05) is 36.4 Å². The molecular formula is C25H23FN6O. The Morgan fingerprint density at radius 1 is 1.00 bits per heavy atom. The van der Waals surface area contributed by atoms with Crippen LogP contribution in [0.25, 0.3) is 17.2 Å². The van der Waals surface area contributed by atoms with Crippen LogP contribution in [-0.4, -0.2) is 38.7 Å². The van der Waals surface area contributed by atoms with Crippen LogP contribution in [-0.2, 0) is 4.79 Å². The average molecular weight is 442 g/mol. The molecule has 4 aromatic rings. The lowest BCUT2D eigenvalue weighted by molar-refractivity contribution is -0.120. The lowest BCUT2D eigenvalue weighted by Gasteiger charge is -2.32. The van der Waals surface area contributed by atoms with Gasteiger partial charge in [-0.15, -0.1) is 10.2 Å². The first-order valence-corrected chi connectivity index (χ1v) is 10.9. The molecule has 33 heavy (non-hydrogen) atoms. The van der Waals surface area contributed by atoms with Gasteiger partial charge in [0, 0.05) is 36.7 Å². The number of anilines is 2. The van der Waals surface area contributed by atoms with E-state index in [0.717, 1.165) is 36.6 Å². The summed E-state index contributed by atoms with van der Waals surface area (Å²) >= 11 is 0. The molecule has 1 aliphatic heterocycles. The number of halogens is 1. The number of rotatable bonds is 5. The van der Waals surface area contributed by atoms with Crippen LogP contribution in [0.1, 0.15) is 12.8 Å². The molecule has 0 radical (unpaired) electrons. The number of amides is 1. The zero-order valence-electron chi connectivity index (χ0n) is 17.9. The van der Waals surface area contributed by atoms with Gasteiger partial charge in [-0.25, -0.2) is 9.37 Å². The second kappa shape index (κ2) is 9.20. The summed E-state index contributed by atoms with van der Waals surface area (Å²) in [6.07, 6.45) is 5.24. The van der Waals surface area contributed by atoms with E-state index in [-0.39, 0.29) is 17.6 Å². The molecular weight excluding hydrogens is 419 g/mol. The van der Waals surface area contributed by atoms with Gasteiger partial charge in [0.25, 0.3) is 0 Å². The summed E-state index contributed by atoms with van der Waals surface area (Å²) in [5.41, 5.74) is 1.47. The molecule has 1 atom stereocenters. The quantitative estimate of drug-likeness (QED) is 0.498. The maximum absolute atomic E-state index is 13.4. The molecule has 3 heterocycles. The molecule has 1 saturated heterocycles. The van der Waals surface area contributed by atoms with Crippen LogP contribution in [0.5, 0.6) is 0 Å². The molecule has 1 amide bonds. The lowest BCUT2D eigenvalue weighted by Crippen LogP contribution is -2.41. The Morgan fingerprint density at radius 3 is 2.61 bits per heavy atom. The number of piperidine rings is 1. The van der Waals surface area contributed by atoms with Crippen LogP contribution < -0.4 is 10.2 Å². The van der Waals surface area contributed by atoms with Gasteiger partial charge in [-0.05, 0) is 43.2 Å². The van der Waals surface area contributed by atoms with E-state index in [1.165, 1.54) is 12.1 Å². The summed E-state index contributed by atoms with van der Waals surface area (Å²) in [6, 6.07) is 19.7. The van der Waals surface area contributed by atoms with E-state index in [0.29, 0.717) is 18.1 Å². The topological polar surface area (TPSA) is 75.9 Å². The van der Waals surface area contributed by atoms with Crippen molar-refractivity contribution in [1.82, 2.24) is 19.7 Å². The van der Waals surface area contributed by atoms with Gasteiger partial charge >= 0.3 is 0 Å². The number of nitrogens with zero attached hydrogens (tertiary/aromatic N) is 5. The van der Waals surface area contributed by atoms with Gasteiger partial charge in [0.2, 0.25) is 5.91 Å². The van der Waals surface area contributed by atoms with Crippen LogP contribution in [0.4, 0.5) is 15.9 Å². The van der Waals surface area contributed by atoms with E-state index in [4.69, 9.17) is 0 Å². The van der Waals surface area contributed by atoms with Gasteiger partial charge in [0.15, 0.2) is 11.6 Å². The van der Waals surface area contributed by atoms with Crippen molar-refractivity contribution < 1.29 is 9.18 Å². The molecule has 0 bridgehead atoms. The average Bonchev–Trinajstić information content (AvgIpc) is 3.35. The molecule has 8 heteroatoms. The van der Waals surface area contributed by atoms with Crippen LogP contribution in [0.2, 0.25) is 0 Å². The zero-order valence-corrected chi connectivity index (χ0v) is 17.9. The Morgan fingerprint density at radius 2 is 1.82 bits per heavy atom. The maximum atomic E-state index is 13.4. The monoisotopic (exact) mass is 442 g/mol. The van der Waals surface area contributed by atoms with Crippen LogP contribution in [0.15, 0.2) is 79.1 Å². The van der Waals surface area contributed by atoms with E-state index in [1.807, 2.05) is 53.2 Å². The minimum atomic E-state index is -0.373. The number of imidazole rings is 1. The number of hydrogen-bond acceptors (Lipinski definition) is 5. The molecule has 1 fully saturated rings. The second-order valence-corrected chi connectivity index (χ2v) is 8.02. The maximum Gasteiger partial charge on any atom is 0.229 e. The first-order valence-electron chi connectivity index (χ1n) is 10.9.